The van der Waals surface area contributed by atoms with E-state index in [-0.39, 0.29) is 29.9 Å². The van der Waals surface area contributed by atoms with Crippen LogP contribution in [0.1, 0.15) is 49.9 Å². The summed E-state index contributed by atoms with van der Waals surface area (Å²) in [6, 6.07) is 6.41. The van der Waals surface area contributed by atoms with E-state index in [2.05, 4.69) is 16.0 Å². The maximum Gasteiger partial charge on any atom is 0.319 e. The van der Waals surface area contributed by atoms with Crippen LogP contribution in [-0.4, -0.2) is 35.1 Å². The summed E-state index contributed by atoms with van der Waals surface area (Å²) in [7, 11) is 0. The first-order valence-electron chi connectivity index (χ1n) is 8.57. The highest BCUT2D eigenvalue weighted by Gasteiger charge is 2.27. The van der Waals surface area contributed by atoms with Crippen molar-refractivity contribution in [1.29, 1.82) is 0 Å². The molecule has 0 spiro atoms. The van der Waals surface area contributed by atoms with Crippen molar-refractivity contribution < 1.29 is 19.5 Å². The molecule has 1 fully saturated rings. The summed E-state index contributed by atoms with van der Waals surface area (Å²) in [5.74, 6) is -1.35. The molecule has 7 heteroatoms. The van der Waals surface area contributed by atoms with E-state index in [1.54, 1.807) is 24.3 Å². The lowest BCUT2D eigenvalue weighted by molar-refractivity contribution is -0.142. The number of carbonyl (C=O) groups excluding carboxylic acids is 2. The van der Waals surface area contributed by atoms with E-state index in [1.807, 2.05) is 13.8 Å². The van der Waals surface area contributed by atoms with E-state index in [4.69, 9.17) is 5.11 Å². The summed E-state index contributed by atoms with van der Waals surface area (Å²) in [5, 5.41) is 17.4. The molecule has 25 heavy (non-hydrogen) atoms. The number of hydrogen-bond donors (Lipinski definition) is 4. The number of urea groups is 1. The van der Waals surface area contributed by atoms with E-state index in [0.717, 1.165) is 0 Å². The number of amides is 3. The molecule has 1 aliphatic rings. The van der Waals surface area contributed by atoms with Gasteiger partial charge in [0.05, 0.1) is 17.2 Å². The number of carboxylic acid groups (broad SMARTS) is 1. The summed E-state index contributed by atoms with van der Waals surface area (Å²) < 4.78 is 0. The minimum atomic E-state index is -0.768. The van der Waals surface area contributed by atoms with Crippen LogP contribution in [0.3, 0.4) is 0 Å². The maximum absolute atomic E-state index is 12.6. The highest BCUT2D eigenvalue weighted by molar-refractivity contribution is 6.03. The van der Waals surface area contributed by atoms with Gasteiger partial charge >= 0.3 is 12.0 Å². The fourth-order valence-electron chi connectivity index (χ4n) is 2.96. The zero-order valence-electron chi connectivity index (χ0n) is 14.5. The largest absolute Gasteiger partial charge is 0.481 e. The van der Waals surface area contributed by atoms with Gasteiger partial charge in [-0.2, -0.15) is 0 Å². The summed E-state index contributed by atoms with van der Waals surface area (Å²) >= 11 is 0. The van der Waals surface area contributed by atoms with E-state index in [1.165, 1.54) is 0 Å². The first kappa shape index (κ1) is 18.8. The molecular formula is C18H25N3O4. The Labute approximate surface area is 147 Å². The Bertz CT molecular complexity index is 637. The number of hydrogen-bond acceptors (Lipinski definition) is 3. The molecule has 4 N–H and O–H groups in total. The van der Waals surface area contributed by atoms with Crippen molar-refractivity contribution in [2.24, 2.45) is 5.92 Å². The summed E-state index contributed by atoms with van der Waals surface area (Å²) in [5.41, 5.74) is 0.833. The van der Waals surface area contributed by atoms with Crippen LogP contribution in [0.25, 0.3) is 0 Å². The van der Waals surface area contributed by atoms with Crippen molar-refractivity contribution in [1.82, 2.24) is 10.6 Å². The average molecular weight is 347 g/mol. The van der Waals surface area contributed by atoms with Crippen molar-refractivity contribution in [3.63, 3.8) is 0 Å². The predicted molar refractivity (Wildman–Crippen MR) is 94.6 cm³/mol. The highest BCUT2D eigenvalue weighted by atomic mass is 16.4. The molecule has 1 aliphatic carbocycles. The molecule has 2 rings (SSSR count). The molecule has 0 heterocycles. The molecule has 1 saturated carbocycles. The van der Waals surface area contributed by atoms with Gasteiger partial charge in [0, 0.05) is 12.1 Å². The second-order valence-corrected chi connectivity index (χ2v) is 6.66. The zero-order chi connectivity index (χ0) is 18.4. The fraction of sp³-hybridized carbons (Fsp3) is 0.500. The molecule has 136 valence electrons. The molecule has 0 bridgehead atoms. The predicted octanol–water partition coefficient (Wildman–Crippen LogP) is 2.59. The Morgan fingerprint density at radius 1 is 1.08 bits per heavy atom. The van der Waals surface area contributed by atoms with Crippen LogP contribution in [0.5, 0.6) is 0 Å². The molecule has 0 aliphatic heterocycles. The smallest absolute Gasteiger partial charge is 0.319 e. The molecule has 0 atom stereocenters. The average Bonchev–Trinajstić information content (AvgIpc) is 2.55. The van der Waals surface area contributed by atoms with Gasteiger partial charge in [-0.15, -0.1) is 0 Å². The molecule has 3 amide bonds. The standard InChI is InChI=1S/C18H25N3O4/c1-11(2)19-18(25)21-15-6-4-3-5-14(15)16(22)20-13-9-7-12(8-10-13)17(23)24/h3-6,11-13H,7-10H2,1-2H3,(H,20,22)(H,23,24)(H2,19,21,25). The Balaban J connectivity index is 1.98. The Morgan fingerprint density at radius 3 is 2.32 bits per heavy atom. The van der Waals surface area contributed by atoms with Crippen LogP contribution in [-0.2, 0) is 4.79 Å². The third kappa shape index (κ3) is 5.48. The molecule has 0 unspecified atom stereocenters. The van der Waals surface area contributed by atoms with E-state index in [0.29, 0.717) is 36.9 Å². The van der Waals surface area contributed by atoms with Gasteiger partial charge in [0.1, 0.15) is 0 Å². The summed E-state index contributed by atoms with van der Waals surface area (Å²) in [6.45, 7) is 3.71. The lowest BCUT2D eigenvalue weighted by Crippen LogP contribution is -2.39. The Kier molecular flexibility index (Phi) is 6.38. The van der Waals surface area contributed by atoms with Gasteiger partial charge in [-0.25, -0.2) is 4.79 Å². The van der Waals surface area contributed by atoms with Crippen molar-refractivity contribution in [2.45, 2.75) is 51.6 Å². The third-order valence-electron chi connectivity index (χ3n) is 4.25. The van der Waals surface area contributed by atoms with Crippen LogP contribution in [0.4, 0.5) is 10.5 Å². The first-order valence-corrected chi connectivity index (χ1v) is 8.57. The van der Waals surface area contributed by atoms with Crippen LogP contribution in [0, 0.1) is 5.92 Å². The van der Waals surface area contributed by atoms with Gasteiger partial charge in [0.25, 0.3) is 5.91 Å². The lowest BCUT2D eigenvalue weighted by Gasteiger charge is -2.27. The van der Waals surface area contributed by atoms with Crippen molar-refractivity contribution in [3.05, 3.63) is 29.8 Å². The first-order chi connectivity index (χ1) is 11.9. The molecule has 0 aromatic heterocycles. The Morgan fingerprint density at radius 2 is 1.72 bits per heavy atom. The molecular weight excluding hydrogens is 322 g/mol. The second-order valence-electron chi connectivity index (χ2n) is 6.66. The van der Waals surface area contributed by atoms with Gasteiger partial charge in [0.2, 0.25) is 0 Å². The van der Waals surface area contributed by atoms with Gasteiger partial charge < -0.3 is 21.1 Å². The van der Waals surface area contributed by atoms with Gasteiger partial charge in [-0.1, -0.05) is 12.1 Å². The number of para-hydroxylation sites is 1. The van der Waals surface area contributed by atoms with Crippen LogP contribution in [0.15, 0.2) is 24.3 Å². The Hall–Kier alpha value is -2.57. The molecule has 1 aromatic rings. The summed E-state index contributed by atoms with van der Waals surface area (Å²) in [4.78, 5) is 35.4. The second kappa shape index (κ2) is 8.50. The SMILES string of the molecule is CC(C)NC(=O)Nc1ccccc1C(=O)NC1CCC(C(=O)O)CC1. The normalized spacial score (nSPS) is 20.0. The van der Waals surface area contributed by atoms with Gasteiger partial charge in [-0.3, -0.25) is 9.59 Å². The molecule has 7 nitrogen and oxygen atoms in total. The number of nitrogens with one attached hydrogen (secondary N) is 3. The summed E-state index contributed by atoms with van der Waals surface area (Å²) in [6.07, 6.45) is 2.42. The monoisotopic (exact) mass is 347 g/mol. The fourth-order valence-corrected chi connectivity index (χ4v) is 2.96. The van der Waals surface area contributed by atoms with Crippen molar-refractivity contribution in [2.75, 3.05) is 5.32 Å². The molecule has 0 radical (unpaired) electrons. The zero-order valence-corrected chi connectivity index (χ0v) is 14.5. The molecule has 0 saturated heterocycles. The highest BCUT2D eigenvalue weighted by Crippen LogP contribution is 2.25. The number of anilines is 1. The quantitative estimate of drug-likeness (QED) is 0.656. The van der Waals surface area contributed by atoms with Crippen molar-refractivity contribution >= 4 is 23.6 Å². The van der Waals surface area contributed by atoms with Gasteiger partial charge in [0.15, 0.2) is 0 Å². The van der Waals surface area contributed by atoms with Crippen LogP contribution in [0.2, 0.25) is 0 Å². The minimum absolute atomic E-state index is 0.00888. The van der Waals surface area contributed by atoms with E-state index < -0.39 is 5.97 Å². The topological polar surface area (TPSA) is 108 Å². The number of carbonyl (C=O) groups is 3. The van der Waals surface area contributed by atoms with Crippen molar-refractivity contribution in [3.8, 4) is 0 Å². The van der Waals surface area contributed by atoms with Crippen LogP contribution < -0.4 is 16.0 Å². The number of aliphatic carboxylic acids is 1. The minimum Gasteiger partial charge on any atom is -0.481 e. The van der Waals surface area contributed by atoms with Crippen LogP contribution >= 0.6 is 0 Å². The van der Waals surface area contributed by atoms with E-state index >= 15 is 0 Å². The maximum atomic E-state index is 12.6. The molecule has 1 aromatic carbocycles. The lowest BCUT2D eigenvalue weighted by atomic mass is 9.86. The number of rotatable bonds is 5. The third-order valence-corrected chi connectivity index (χ3v) is 4.25. The number of benzene rings is 1. The van der Waals surface area contributed by atoms with E-state index in [9.17, 15) is 14.4 Å². The van der Waals surface area contributed by atoms with Gasteiger partial charge in [-0.05, 0) is 51.7 Å². The number of carboxylic acids is 1.